The molecule has 128 valence electrons. The molecule has 1 N–H and O–H groups in total. The number of piperidine rings is 1. The van der Waals surface area contributed by atoms with Gasteiger partial charge in [0.1, 0.15) is 5.75 Å². The number of hydrogen-bond donors (Lipinski definition) is 1. The molecule has 0 unspecified atom stereocenters. The third kappa shape index (κ3) is 4.69. The van der Waals surface area contributed by atoms with E-state index < -0.39 is 0 Å². The SMILES string of the molecule is CCN(CCO)C(=O)C1CCN(Cc2ccccc2OC)CC1. The lowest BCUT2D eigenvalue weighted by Crippen LogP contribution is -2.43. The van der Waals surface area contributed by atoms with Gasteiger partial charge in [-0.15, -0.1) is 0 Å². The molecule has 1 aliphatic heterocycles. The quantitative estimate of drug-likeness (QED) is 0.831. The average Bonchev–Trinajstić information content (AvgIpc) is 2.60. The molecular formula is C18H28N2O3. The molecule has 5 heteroatoms. The lowest BCUT2D eigenvalue weighted by atomic mass is 9.95. The van der Waals surface area contributed by atoms with Crippen molar-refractivity contribution in [3.05, 3.63) is 29.8 Å². The van der Waals surface area contributed by atoms with E-state index in [4.69, 9.17) is 9.84 Å². The van der Waals surface area contributed by atoms with Gasteiger partial charge in [-0.05, 0) is 38.9 Å². The molecular weight excluding hydrogens is 292 g/mol. The van der Waals surface area contributed by atoms with Crippen LogP contribution >= 0.6 is 0 Å². The Morgan fingerprint density at radius 1 is 1.35 bits per heavy atom. The number of likely N-dealkylation sites (tertiary alicyclic amines) is 1. The number of likely N-dealkylation sites (N-methyl/N-ethyl adjacent to an activating group) is 1. The number of nitrogens with zero attached hydrogens (tertiary/aromatic N) is 2. The highest BCUT2D eigenvalue weighted by Crippen LogP contribution is 2.24. The van der Waals surface area contributed by atoms with Gasteiger partial charge in [0.05, 0.1) is 13.7 Å². The van der Waals surface area contributed by atoms with Gasteiger partial charge in [-0.25, -0.2) is 0 Å². The predicted octanol–water partition coefficient (Wildman–Crippen LogP) is 1.75. The molecule has 1 heterocycles. The molecule has 0 aromatic heterocycles. The fraction of sp³-hybridized carbons (Fsp3) is 0.611. The lowest BCUT2D eigenvalue weighted by molar-refractivity contribution is -0.137. The number of hydrogen-bond acceptors (Lipinski definition) is 4. The van der Waals surface area contributed by atoms with Gasteiger partial charge in [-0.2, -0.15) is 0 Å². The number of aliphatic hydroxyl groups is 1. The van der Waals surface area contributed by atoms with Crippen molar-refractivity contribution in [2.75, 3.05) is 39.9 Å². The van der Waals surface area contributed by atoms with E-state index in [1.807, 2.05) is 25.1 Å². The van der Waals surface area contributed by atoms with Gasteiger partial charge >= 0.3 is 0 Å². The fourth-order valence-electron chi connectivity index (χ4n) is 3.22. The van der Waals surface area contributed by atoms with E-state index >= 15 is 0 Å². The van der Waals surface area contributed by atoms with Gasteiger partial charge in [0.25, 0.3) is 0 Å². The minimum absolute atomic E-state index is 0.0340. The molecule has 0 bridgehead atoms. The molecule has 0 radical (unpaired) electrons. The van der Waals surface area contributed by atoms with Crippen molar-refractivity contribution >= 4 is 5.91 Å². The minimum Gasteiger partial charge on any atom is -0.496 e. The third-order valence-electron chi connectivity index (χ3n) is 4.59. The highest BCUT2D eigenvalue weighted by molar-refractivity contribution is 5.79. The Balaban J connectivity index is 1.87. The van der Waals surface area contributed by atoms with Crippen molar-refractivity contribution in [3.8, 4) is 5.75 Å². The molecule has 23 heavy (non-hydrogen) atoms. The Morgan fingerprint density at radius 2 is 2.04 bits per heavy atom. The monoisotopic (exact) mass is 320 g/mol. The molecule has 0 aliphatic carbocycles. The van der Waals surface area contributed by atoms with Gasteiger partial charge in [0, 0.05) is 31.1 Å². The van der Waals surface area contributed by atoms with Crippen LogP contribution in [0.3, 0.4) is 0 Å². The summed E-state index contributed by atoms with van der Waals surface area (Å²) in [7, 11) is 1.70. The van der Waals surface area contributed by atoms with Crippen molar-refractivity contribution in [3.63, 3.8) is 0 Å². The van der Waals surface area contributed by atoms with Crippen molar-refractivity contribution in [1.29, 1.82) is 0 Å². The zero-order chi connectivity index (χ0) is 16.7. The van der Waals surface area contributed by atoms with Crippen LogP contribution in [-0.2, 0) is 11.3 Å². The second-order valence-electron chi connectivity index (χ2n) is 6.00. The first-order valence-corrected chi connectivity index (χ1v) is 8.43. The number of methoxy groups -OCH3 is 1. The summed E-state index contributed by atoms with van der Waals surface area (Å²) >= 11 is 0. The van der Waals surface area contributed by atoms with Crippen LogP contribution in [0.2, 0.25) is 0 Å². The molecule has 1 aromatic carbocycles. The van der Waals surface area contributed by atoms with E-state index in [1.54, 1.807) is 12.0 Å². The molecule has 1 amide bonds. The van der Waals surface area contributed by atoms with Crippen LogP contribution in [0.1, 0.15) is 25.3 Å². The summed E-state index contributed by atoms with van der Waals surface area (Å²) in [5.41, 5.74) is 1.19. The summed E-state index contributed by atoms with van der Waals surface area (Å²) in [6.07, 6.45) is 1.77. The Morgan fingerprint density at radius 3 is 2.65 bits per heavy atom. The normalized spacial score (nSPS) is 16.3. The molecule has 2 rings (SSSR count). The Bertz CT molecular complexity index is 499. The van der Waals surface area contributed by atoms with Gasteiger partial charge in [-0.1, -0.05) is 18.2 Å². The molecule has 0 atom stereocenters. The minimum atomic E-state index is 0.0340. The van der Waals surface area contributed by atoms with Crippen molar-refractivity contribution in [2.45, 2.75) is 26.3 Å². The van der Waals surface area contributed by atoms with E-state index in [2.05, 4.69) is 11.0 Å². The van der Waals surface area contributed by atoms with Crippen molar-refractivity contribution < 1.29 is 14.6 Å². The highest BCUT2D eigenvalue weighted by Gasteiger charge is 2.28. The number of aliphatic hydroxyl groups excluding tert-OH is 1. The zero-order valence-electron chi connectivity index (χ0n) is 14.2. The van der Waals surface area contributed by atoms with E-state index in [1.165, 1.54) is 5.56 Å². The van der Waals surface area contributed by atoms with Crippen LogP contribution < -0.4 is 4.74 Å². The van der Waals surface area contributed by atoms with Gasteiger partial charge in [-0.3, -0.25) is 9.69 Å². The molecule has 1 saturated heterocycles. The fourth-order valence-corrected chi connectivity index (χ4v) is 3.22. The number of amides is 1. The number of benzene rings is 1. The van der Waals surface area contributed by atoms with Gasteiger partial charge in [0.2, 0.25) is 5.91 Å². The molecule has 1 fully saturated rings. The summed E-state index contributed by atoms with van der Waals surface area (Å²) < 4.78 is 5.41. The van der Waals surface area contributed by atoms with Crippen LogP contribution in [0, 0.1) is 5.92 Å². The number of para-hydroxylation sites is 1. The molecule has 0 saturated carbocycles. The number of carbonyl (C=O) groups excluding carboxylic acids is 1. The van der Waals surface area contributed by atoms with Crippen molar-refractivity contribution in [1.82, 2.24) is 9.80 Å². The summed E-state index contributed by atoms with van der Waals surface area (Å²) in [6, 6.07) is 8.09. The maximum Gasteiger partial charge on any atom is 0.225 e. The summed E-state index contributed by atoms with van der Waals surface area (Å²) in [5, 5.41) is 9.06. The molecule has 0 spiro atoms. The van der Waals surface area contributed by atoms with Crippen LogP contribution in [0.5, 0.6) is 5.75 Å². The molecule has 5 nitrogen and oxygen atoms in total. The first-order valence-electron chi connectivity index (χ1n) is 8.43. The Kier molecular flexibility index (Phi) is 6.86. The first kappa shape index (κ1) is 17.8. The second-order valence-corrected chi connectivity index (χ2v) is 6.00. The number of ether oxygens (including phenoxy) is 1. The maximum atomic E-state index is 12.5. The van der Waals surface area contributed by atoms with Gasteiger partial charge in [0.15, 0.2) is 0 Å². The van der Waals surface area contributed by atoms with Crippen LogP contribution in [0.25, 0.3) is 0 Å². The van der Waals surface area contributed by atoms with Gasteiger partial charge < -0.3 is 14.7 Å². The van der Waals surface area contributed by atoms with Crippen LogP contribution in [-0.4, -0.2) is 60.7 Å². The Labute approximate surface area is 138 Å². The largest absolute Gasteiger partial charge is 0.496 e. The smallest absolute Gasteiger partial charge is 0.225 e. The Hall–Kier alpha value is -1.59. The summed E-state index contributed by atoms with van der Waals surface area (Å²) in [4.78, 5) is 16.6. The maximum absolute atomic E-state index is 12.5. The topological polar surface area (TPSA) is 53.0 Å². The number of rotatable bonds is 7. The molecule has 1 aromatic rings. The van der Waals surface area contributed by atoms with E-state index in [9.17, 15) is 4.79 Å². The standard InChI is InChI=1S/C18H28N2O3/c1-3-20(12-13-21)18(22)15-8-10-19(11-9-15)14-16-6-4-5-7-17(16)23-2/h4-7,15,21H,3,8-14H2,1-2H3. The average molecular weight is 320 g/mol. The summed E-state index contributed by atoms with van der Waals surface area (Å²) in [6.45, 7) is 5.81. The zero-order valence-corrected chi connectivity index (χ0v) is 14.2. The third-order valence-corrected chi connectivity index (χ3v) is 4.59. The van der Waals surface area contributed by atoms with E-state index in [0.717, 1.165) is 38.2 Å². The number of carbonyl (C=O) groups is 1. The van der Waals surface area contributed by atoms with E-state index in [-0.39, 0.29) is 18.4 Å². The predicted molar refractivity (Wildman–Crippen MR) is 90.3 cm³/mol. The lowest BCUT2D eigenvalue weighted by Gasteiger charge is -2.34. The van der Waals surface area contributed by atoms with Crippen LogP contribution in [0.4, 0.5) is 0 Å². The van der Waals surface area contributed by atoms with E-state index in [0.29, 0.717) is 13.1 Å². The molecule has 1 aliphatic rings. The van der Waals surface area contributed by atoms with Crippen LogP contribution in [0.15, 0.2) is 24.3 Å². The first-order chi connectivity index (χ1) is 11.2. The highest BCUT2D eigenvalue weighted by atomic mass is 16.5. The summed E-state index contributed by atoms with van der Waals surface area (Å²) in [5.74, 6) is 1.21. The van der Waals surface area contributed by atoms with Crippen molar-refractivity contribution in [2.24, 2.45) is 5.92 Å². The second kappa shape index (κ2) is 8.89.